The molecule has 4 N–H and O–H groups in total. The fourth-order valence-corrected chi connectivity index (χ4v) is 2.81. The van der Waals surface area contributed by atoms with Gasteiger partial charge in [0.2, 0.25) is 0 Å². The first kappa shape index (κ1) is 15.0. The van der Waals surface area contributed by atoms with Gasteiger partial charge in [-0.2, -0.15) is 0 Å². The van der Waals surface area contributed by atoms with Gasteiger partial charge in [-0.05, 0) is 17.5 Å². The van der Waals surface area contributed by atoms with Crippen LogP contribution in [0.4, 0.5) is 15.0 Å². The highest BCUT2D eigenvalue weighted by atomic mass is 19.1. The van der Waals surface area contributed by atoms with Crippen molar-refractivity contribution in [2.24, 2.45) is 0 Å². The van der Waals surface area contributed by atoms with Crippen molar-refractivity contribution in [3.63, 3.8) is 0 Å². The van der Waals surface area contributed by atoms with Crippen LogP contribution in [-0.2, 0) is 17.0 Å². The van der Waals surface area contributed by atoms with Gasteiger partial charge in [0, 0.05) is 0 Å². The highest BCUT2D eigenvalue weighted by molar-refractivity contribution is 6.07. The van der Waals surface area contributed by atoms with Crippen molar-refractivity contribution >= 4 is 17.8 Å². The van der Waals surface area contributed by atoms with Crippen LogP contribution in [0.5, 0.6) is 0 Å². The lowest BCUT2D eigenvalue weighted by Crippen LogP contribution is -2.43. The van der Waals surface area contributed by atoms with Crippen molar-refractivity contribution in [3.05, 3.63) is 35.6 Å². The highest BCUT2D eigenvalue weighted by Gasteiger charge is 2.46. The second-order valence-electron chi connectivity index (χ2n) is 5.24. The van der Waals surface area contributed by atoms with Crippen molar-refractivity contribution in [2.45, 2.75) is 25.6 Å². The molecule has 1 fully saturated rings. The first-order valence-electron chi connectivity index (χ1n) is 7.06. The predicted octanol–water partition coefficient (Wildman–Crippen LogP) is 1.84. The van der Waals surface area contributed by atoms with Gasteiger partial charge in [-0.3, -0.25) is 10.1 Å². The van der Waals surface area contributed by atoms with E-state index in [2.05, 4.69) is 15.8 Å². The summed E-state index contributed by atoms with van der Waals surface area (Å²) in [6.45, 7) is 0.983. The van der Waals surface area contributed by atoms with Crippen LogP contribution in [0, 0.1) is 0 Å². The van der Waals surface area contributed by atoms with Crippen molar-refractivity contribution in [1.29, 1.82) is 0 Å². The van der Waals surface area contributed by atoms with E-state index in [0.29, 0.717) is 23.1 Å². The lowest BCUT2D eigenvalue weighted by atomic mass is 9.86. The van der Waals surface area contributed by atoms with E-state index in [9.17, 15) is 14.0 Å². The molecule has 1 saturated heterocycles. The molecular formula is C15H15FN4O3. The Bertz CT molecular complexity index is 772. The number of nitrogens with two attached hydrogens (primary N) is 1. The number of rotatable bonds is 4. The molecule has 8 heteroatoms. The number of anilines is 1. The van der Waals surface area contributed by atoms with Crippen LogP contribution in [0.25, 0.3) is 11.1 Å². The zero-order chi connectivity index (χ0) is 16.6. The van der Waals surface area contributed by atoms with Crippen LogP contribution in [0.2, 0.25) is 0 Å². The minimum Gasteiger partial charge on any atom is -0.380 e. The van der Waals surface area contributed by atoms with E-state index in [1.807, 2.05) is 0 Å². The van der Waals surface area contributed by atoms with Crippen molar-refractivity contribution < 1.29 is 18.5 Å². The summed E-state index contributed by atoms with van der Waals surface area (Å²) in [6.07, 6.45) is 0.398. The molecule has 120 valence electrons. The number of halogens is 1. The highest BCUT2D eigenvalue weighted by Crippen LogP contribution is 2.33. The number of urea groups is 1. The average molecular weight is 318 g/mol. The summed E-state index contributed by atoms with van der Waals surface area (Å²) in [5.41, 5.74) is 6.25. The quantitative estimate of drug-likeness (QED) is 0.745. The molecule has 1 aliphatic rings. The third kappa shape index (κ3) is 2.23. The van der Waals surface area contributed by atoms with Gasteiger partial charge in [0.1, 0.15) is 5.54 Å². The maximum atomic E-state index is 12.9. The number of hydrogen-bond donors (Lipinski definition) is 3. The molecule has 0 unspecified atom stereocenters. The van der Waals surface area contributed by atoms with E-state index in [0.717, 1.165) is 0 Å². The Morgan fingerprint density at radius 2 is 2.00 bits per heavy atom. The molecule has 0 radical (unpaired) electrons. The number of alkyl halides is 1. The number of carbonyl (C=O) groups is 2. The molecule has 1 atom stereocenters. The molecule has 3 amide bonds. The van der Waals surface area contributed by atoms with Crippen LogP contribution >= 0.6 is 0 Å². The molecule has 0 aliphatic carbocycles. The van der Waals surface area contributed by atoms with E-state index in [1.54, 1.807) is 31.2 Å². The molecule has 1 aromatic carbocycles. The SMILES string of the molecule is CC[C@@]1(c2ccc(-c3c(N)noc3CF)cc2)NC(=O)NC1=O. The van der Waals surface area contributed by atoms with Crippen molar-refractivity contribution in [2.75, 3.05) is 5.73 Å². The van der Waals surface area contributed by atoms with Crippen molar-refractivity contribution in [1.82, 2.24) is 15.8 Å². The summed E-state index contributed by atoms with van der Waals surface area (Å²) in [7, 11) is 0. The van der Waals surface area contributed by atoms with Gasteiger partial charge < -0.3 is 15.6 Å². The van der Waals surface area contributed by atoms with Crippen LogP contribution in [0.1, 0.15) is 24.7 Å². The van der Waals surface area contributed by atoms with Crippen molar-refractivity contribution in [3.8, 4) is 11.1 Å². The van der Waals surface area contributed by atoms with Gasteiger partial charge in [0.15, 0.2) is 18.3 Å². The zero-order valence-corrected chi connectivity index (χ0v) is 12.4. The summed E-state index contributed by atoms with van der Waals surface area (Å²) in [4.78, 5) is 23.6. The van der Waals surface area contributed by atoms with Crippen LogP contribution < -0.4 is 16.4 Å². The summed E-state index contributed by atoms with van der Waals surface area (Å²) < 4.78 is 17.8. The molecule has 1 aromatic heterocycles. The molecule has 2 heterocycles. The molecule has 0 bridgehead atoms. The molecule has 0 saturated carbocycles. The smallest absolute Gasteiger partial charge is 0.322 e. The van der Waals surface area contributed by atoms with Gasteiger partial charge in [0.25, 0.3) is 5.91 Å². The van der Waals surface area contributed by atoms with Gasteiger partial charge in [-0.1, -0.05) is 36.3 Å². The first-order chi connectivity index (χ1) is 11.0. The monoisotopic (exact) mass is 318 g/mol. The number of imide groups is 1. The van der Waals surface area contributed by atoms with Crippen LogP contribution in [0.3, 0.4) is 0 Å². The largest absolute Gasteiger partial charge is 0.380 e. The van der Waals surface area contributed by atoms with Crippen LogP contribution in [0.15, 0.2) is 28.8 Å². The normalized spacial score (nSPS) is 20.4. The van der Waals surface area contributed by atoms with E-state index in [1.165, 1.54) is 0 Å². The Morgan fingerprint density at radius 3 is 2.52 bits per heavy atom. The Labute approximate surface area is 131 Å². The van der Waals surface area contributed by atoms with E-state index in [4.69, 9.17) is 10.3 Å². The minimum atomic E-state index is -1.10. The molecule has 3 rings (SSSR count). The summed E-state index contributed by atoms with van der Waals surface area (Å²) in [5, 5.41) is 8.46. The Kier molecular flexibility index (Phi) is 3.51. The maximum Gasteiger partial charge on any atom is 0.322 e. The second kappa shape index (κ2) is 5.38. The lowest BCUT2D eigenvalue weighted by molar-refractivity contribution is -0.124. The molecule has 2 aromatic rings. The van der Waals surface area contributed by atoms with Gasteiger partial charge in [-0.25, -0.2) is 9.18 Å². The average Bonchev–Trinajstić information content (AvgIpc) is 3.07. The van der Waals surface area contributed by atoms with E-state index in [-0.39, 0.29) is 11.6 Å². The molecule has 1 aliphatic heterocycles. The molecule has 0 spiro atoms. The number of amides is 3. The van der Waals surface area contributed by atoms with Gasteiger partial charge in [0.05, 0.1) is 5.56 Å². The fraction of sp³-hybridized carbons (Fsp3) is 0.267. The standard InChI is InChI=1S/C15H15FN4O3/c1-2-15(13(21)18-14(22)19-15)9-5-3-8(4-6-9)11-10(7-16)23-20-12(11)17/h3-6H,2,7H2,1H3,(H2,17,20)(H2,18,19,21,22)/t15-/m0/s1. The molecule has 7 nitrogen and oxygen atoms in total. The van der Waals surface area contributed by atoms with E-state index >= 15 is 0 Å². The Hall–Kier alpha value is -2.90. The fourth-order valence-electron chi connectivity index (χ4n) is 2.81. The molecular weight excluding hydrogens is 303 g/mol. The number of nitrogen functional groups attached to an aromatic ring is 1. The predicted molar refractivity (Wildman–Crippen MR) is 79.8 cm³/mol. The number of hydrogen-bond acceptors (Lipinski definition) is 5. The number of nitrogens with one attached hydrogen (secondary N) is 2. The zero-order valence-electron chi connectivity index (χ0n) is 12.4. The molecule has 23 heavy (non-hydrogen) atoms. The first-order valence-corrected chi connectivity index (χ1v) is 7.06. The van der Waals surface area contributed by atoms with Gasteiger partial charge in [-0.15, -0.1) is 0 Å². The third-order valence-corrected chi connectivity index (χ3v) is 4.05. The number of aromatic nitrogens is 1. The Morgan fingerprint density at radius 1 is 1.30 bits per heavy atom. The summed E-state index contributed by atoms with van der Waals surface area (Å²) >= 11 is 0. The second-order valence-corrected chi connectivity index (χ2v) is 5.24. The third-order valence-electron chi connectivity index (χ3n) is 4.05. The number of benzene rings is 1. The van der Waals surface area contributed by atoms with E-state index < -0.39 is 24.2 Å². The Balaban J connectivity index is 2.01. The van der Waals surface area contributed by atoms with Crippen LogP contribution in [-0.4, -0.2) is 17.1 Å². The number of nitrogens with zero attached hydrogens (tertiary/aromatic N) is 1. The number of carbonyl (C=O) groups excluding carboxylic acids is 2. The maximum absolute atomic E-state index is 12.9. The summed E-state index contributed by atoms with van der Waals surface area (Å²) in [6, 6.07) is 6.24. The lowest BCUT2D eigenvalue weighted by Gasteiger charge is -2.25. The van der Waals surface area contributed by atoms with Gasteiger partial charge >= 0.3 is 6.03 Å². The topological polar surface area (TPSA) is 110 Å². The summed E-state index contributed by atoms with van der Waals surface area (Å²) in [5.74, 6) is -0.249. The minimum absolute atomic E-state index is 0.0485.